The maximum atomic E-state index is 13.1. The number of para-hydroxylation sites is 1. The molecule has 4 aromatic rings. The van der Waals surface area contributed by atoms with E-state index in [0.29, 0.717) is 29.6 Å². The maximum Gasteiger partial charge on any atom is 0.251 e. The summed E-state index contributed by atoms with van der Waals surface area (Å²) in [6.07, 6.45) is 3.61. The lowest BCUT2D eigenvalue weighted by atomic mass is 9.91. The van der Waals surface area contributed by atoms with Gasteiger partial charge in [0.1, 0.15) is 12.4 Å². The van der Waals surface area contributed by atoms with Gasteiger partial charge in [0.15, 0.2) is 11.5 Å². The number of carbonyl (C=O) groups is 1. The summed E-state index contributed by atoms with van der Waals surface area (Å²) in [7, 11) is 5.59. The predicted octanol–water partition coefficient (Wildman–Crippen LogP) is 5.44. The summed E-state index contributed by atoms with van der Waals surface area (Å²) in [5.74, 6) is 2.59. The van der Waals surface area contributed by atoms with Crippen molar-refractivity contribution in [2.24, 2.45) is 0 Å². The Balaban J connectivity index is 1.18. The van der Waals surface area contributed by atoms with Crippen molar-refractivity contribution in [2.75, 3.05) is 31.4 Å². The summed E-state index contributed by atoms with van der Waals surface area (Å²) >= 11 is 0. The third-order valence-corrected chi connectivity index (χ3v) is 7.07. The molecule has 1 fully saturated rings. The van der Waals surface area contributed by atoms with Crippen LogP contribution in [0.1, 0.15) is 41.6 Å². The standard InChI is InChI=1S/C31H35N5O3/c1-36(2)29-25-11-7-8-12-26(25)34-31(35-29)33-24-16-14-23(15-17-24)32-30(37)22-13-18-27(38-3)28(19-22)39-20-21-9-5-4-6-10-21/h4-13,18-19,23-24H,14-17,20H2,1-3H3,(H,32,37)(H,33,34,35)/t23-,24+. The van der Waals surface area contributed by atoms with Gasteiger partial charge in [0.25, 0.3) is 5.91 Å². The van der Waals surface area contributed by atoms with Crippen LogP contribution >= 0.6 is 0 Å². The number of ether oxygens (including phenoxy) is 2. The van der Waals surface area contributed by atoms with Crippen LogP contribution < -0.4 is 25.0 Å². The molecule has 1 heterocycles. The van der Waals surface area contributed by atoms with Gasteiger partial charge in [0.05, 0.1) is 12.6 Å². The highest BCUT2D eigenvalue weighted by atomic mass is 16.5. The fourth-order valence-electron chi connectivity index (χ4n) is 4.96. The molecule has 1 saturated carbocycles. The number of fused-ring (bicyclic) bond motifs is 1. The van der Waals surface area contributed by atoms with Crippen molar-refractivity contribution in [1.29, 1.82) is 0 Å². The smallest absolute Gasteiger partial charge is 0.251 e. The van der Waals surface area contributed by atoms with Crippen LogP contribution in [0.3, 0.4) is 0 Å². The van der Waals surface area contributed by atoms with Crippen LogP contribution in [-0.2, 0) is 6.61 Å². The topological polar surface area (TPSA) is 88.6 Å². The SMILES string of the molecule is COc1ccc(C(=O)N[C@H]2CC[C@@H](Nc3nc(N(C)C)c4ccccc4n3)CC2)cc1OCc1ccccc1. The fraction of sp³-hybridized carbons (Fsp3) is 0.323. The average molecular weight is 526 g/mol. The fourth-order valence-corrected chi connectivity index (χ4v) is 4.96. The molecule has 1 aromatic heterocycles. The number of nitrogens with one attached hydrogen (secondary N) is 2. The van der Waals surface area contributed by atoms with Crippen molar-refractivity contribution in [1.82, 2.24) is 15.3 Å². The Kier molecular flexibility index (Phi) is 8.10. The second-order valence-electron chi connectivity index (χ2n) is 10.1. The Morgan fingerprint density at radius 1 is 0.897 bits per heavy atom. The van der Waals surface area contributed by atoms with Gasteiger partial charge in [0.2, 0.25) is 5.95 Å². The van der Waals surface area contributed by atoms with Gasteiger partial charge in [-0.25, -0.2) is 4.98 Å². The Morgan fingerprint density at radius 3 is 2.36 bits per heavy atom. The Morgan fingerprint density at radius 2 is 1.62 bits per heavy atom. The summed E-state index contributed by atoms with van der Waals surface area (Å²) in [6, 6.07) is 23.7. The molecule has 2 N–H and O–H groups in total. The average Bonchev–Trinajstić information content (AvgIpc) is 2.97. The van der Waals surface area contributed by atoms with E-state index in [-0.39, 0.29) is 18.0 Å². The number of hydrogen-bond donors (Lipinski definition) is 2. The third-order valence-electron chi connectivity index (χ3n) is 7.07. The van der Waals surface area contributed by atoms with E-state index < -0.39 is 0 Å². The van der Waals surface area contributed by atoms with Gasteiger partial charge in [-0.15, -0.1) is 0 Å². The van der Waals surface area contributed by atoms with E-state index in [9.17, 15) is 4.79 Å². The molecule has 0 atom stereocenters. The number of rotatable bonds is 9. The summed E-state index contributed by atoms with van der Waals surface area (Å²) < 4.78 is 11.4. The first-order chi connectivity index (χ1) is 19.0. The van der Waals surface area contributed by atoms with Crippen LogP contribution in [-0.4, -0.2) is 49.2 Å². The molecule has 8 nitrogen and oxygen atoms in total. The molecule has 0 spiro atoms. The zero-order valence-electron chi connectivity index (χ0n) is 22.7. The minimum absolute atomic E-state index is 0.105. The number of hydrogen-bond acceptors (Lipinski definition) is 7. The first-order valence-electron chi connectivity index (χ1n) is 13.4. The van der Waals surface area contributed by atoms with Crippen molar-refractivity contribution in [2.45, 2.75) is 44.4 Å². The van der Waals surface area contributed by atoms with Gasteiger partial charge in [-0.1, -0.05) is 42.5 Å². The molecule has 0 unspecified atom stereocenters. The number of carbonyl (C=O) groups excluding carboxylic acids is 1. The van der Waals surface area contributed by atoms with Gasteiger partial charge in [0, 0.05) is 37.1 Å². The Hall–Kier alpha value is -4.33. The number of anilines is 2. The van der Waals surface area contributed by atoms with Crippen LogP contribution in [0.25, 0.3) is 10.9 Å². The number of methoxy groups -OCH3 is 1. The lowest BCUT2D eigenvalue weighted by molar-refractivity contribution is 0.0926. The molecule has 0 saturated heterocycles. The number of nitrogens with zero attached hydrogens (tertiary/aromatic N) is 3. The molecule has 0 aliphatic heterocycles. The Bertz CT molecular complexity index is 1420. The lowest BCUT2D eigenvalue weighted by Crippen LogP contribution is -2.40. The quantitative estimate of drug-likeness (QED) is 0.301. The molecule has 8 heteroatoms. The molecule has 1 aliphatic rings. The van der Waals surface area contributed by atoms with E-state index in [2.05, 4.69) is 10.6 Å². The van der Waals surface area contributed by atoms with Crippen molar-refractivity contribution in [3.05, 3.63) is 83.9 Å². The van der Waals surface area contributed by atoms with E-state index in [4.69, 9.17) is 19.4 Å². The minimum Gasteiger partial charge on any atom is -0.493 e. The molecule has 0 bridgehead atoms. The van der Waals surface area contributed by atoms with Crippen LogP contribution in [0, 0.1) is 0 Å². The van der Waals surface area contributed by atoms with Crippen molar-refractivity contribution in [3.8, 4) is 11.5 Å². The molecular weight excluding hydrogens is 490 g/mol. The molecule has 0 radical (unpaired) electrons. The van der Waals surface area contributed by atoms with Gasteiger partial charge < -0.3 is 25.0 Å². The van der Waals surface area contributed by atoms with Gasteiger partial charge in [-0.05, 0) is 61.6 Å². The minimum atomic E-state index is -0.105. The molecule has 1 amide bonds. The summed E-state index contributed by atoms with van der Waals surface area (Å²) in [5, 5.41) is 7.77. The third kappa shape index (κ3) is 6.39. The molecule has 202 valence electrons. The van der Waals surface area contributed by atoms with Crippen LogP contribution in [0.5, 0.6) is 11.5 Å². The zero-order chi connectivity index (χ0) is 27.2. The van der Waals surface area contributed by atoms with Crippen LogP contribution in [0.2, 0.25) is 0 Å². The van der Waals surface area contributed by atoms with E-state index in [0.717, 1.165) is 48.0 Å². The highest BCUT2D eigenvalue weighted by Crippen LogP contribution is 2.30. The van der Waals surface area contributed by atoms with E-state index in [1.807, 2.05) is 73.6 Å². The Labute approximate surface area is 229 Å². The van der Waals surface area contributed by atoms with Crippen LogP contribution in [0.4, 0.5) is 11.8 Å². The molecule has 5 rings (SSSR count). The van der Waals surface area contributed by atoms with Crippen molar-refractivity contribution in [3.63, 3.8) is 0 Å². The first kappa shape index (κ1) is 26.3. The monoisotopic (exact) mass is 525 g/mol. The molecule has 39 heavy (non-hydrogen) atoms. The van der Waals surface area contributed by atoms with Gasteiger partial charge in [-0.2, -0.15) is 4.98 Å². The second kappa shape index (κ2) is 12.0. The van der Waals surface area contributed by atoms with Gasteiger partial charge >= 0.3 is 0 Å². The highest BCUT2D eigenvalue weighted by molar-refractivity contribution is 5.95. The van der Waals surface area contributed by atoms with Crippen molar-refractivity contribution < 1.29 is 14.3 Å². The number of amides is 1. The maximum absolute atomic E-state index is 13.1. The first-order valence-corrected chi connectivity index (χ1v) is 13.4. The summed E-state index contributed by atoms with van der Waals surface area (Å²) in [5.41, 5.74) is 2.53. The zero-order valence-corrected chi connectivity index (χ0v) is 22.7. The molecule has 3 aromatic carbocycles. The lowest BCUT2D eigenvalue weighted by Gasteiger charge is -2.30. The molecular formula is C31H35N5O3. The number of benzene rings is 3. The normalized spacial score (nSPS) is 16.9. The summed E-state index contributed by atoms with van der Waals surface area (Å²) in [4.78, 5) is 24.6. The predicted molar refractivity (Wildman–Crippen MR) is 155 cm³/mol. The summed E-state index contributed by atoms with van der Waals surface area (Å²) in [6.45, 7) is 0.399. The second-order valence-corrected chi connectivity index (χ2v) is 10.1. The van der Waals surface area contributed by atoms with Gasteiger partial charge in [-0.3, -0.25) is 4.79 Å². The van der Waals surface area contributed by atoms with Crippen LogP contribution in [0.15, 0.2) is 72.8 Å². The largest absolute Gasteiger partial charge is 0.493 e. The van der Waals surface area contributed by atoms with E-state index in [1.54, 1.807) is 25.3 Å². The van der Waals surface area contributed by atoms with E-state index in [1.165, 1.54) is 0 Å². The van der Waals surface area contributed by atoms with E-state index >= 15 is 0 Å². The number of aromatic nitrogens is 2. The highest BCUT2D eigenvalue weighted by Gasteiger charge is 2.24. The van der Waals surface area contributed by atoms with Crippen molar-refractivity contribution >= 4 is 28.6 Å². The molecule has 1 aliphatic carbocycles.